The molecule has 0 spiro atoms. The smallest absolute Gasteiger partial charge is 0.240 e. The Morgan fingerprint density at radius 1 is 1.21 bits per heavy atom. The van der Waals surface area contributed by atoms with E-state index in [1.54, 1.807) is 4.90 Å². The maximum Gasteiger partial charge on any atom is 0.240 e. The largest absolute Gasteiger partial charge is 0.378 e. The summed E-state index contributed by atoms with van der Waals surface area (Å²) in [5, 5.41) is 2.93. The van der Waals surface area contributed by atoms with Crippen LogP contribution in [0.1, 0.15) is 44.6 Å². The highest BCUT2D eigenvalue weighted by atomic mass is 16.5. The molecule has 0 bridgehead atoms. The molecule has 6 heteroatoms. The minimum atomic E-state index is -0.110. The van der Waals surface area contributed by atoms with Crippen molar-refractivity contribution < 1.29 is 14.3 Å². The Morgan fingerprint density at radius 2 is 2.00 bits per heavy atom. The first-order valence-corrected chi connectivity index (χ1v) is 10.7. The molecular weight excluding hydrogens is 354 g/mol. The van der Waals surface area contributed by atoms with Gasteiger partial charge in [-0.3, -0.25) is 9.59 Å². The molecule has 2 aliphatic heterocycles. The summed E-state index contributed by atoms with van der Waals surface area (Å²) >= 11 is 0. The van der Waals surface area contributed by atoms with Gasteiger partial charge in [-0.15, -0.1) is 0 Å². The Balaban J connectivity index is 1.37. The van der Waals surface area contributed by atoms with E-state index in [-0.39, 0.29) is 18.4 Å². The fraction of sp³-hybridized carbons (Fsp3) is 0.636. The third kappa shape index (κ3) is 5.79. The van der Waals surface area contributed by atoms with Crippen LogP contribution in [0.15, 0.2) is 24.3 Å². The van der Waals surface area contributed by atoms with E-state index in [1.807, 2.05) is 24.3 Å². The molecule has 0 unspecified atom stereocenters. The van der Waals surface area contributed by atoms with Crippen molar-refractivity contribution in [1.82, 2.24) is 10.2 Å². The molecule has 0 radical (unpaired) electrons. The number of hydrogen-bond donors (Lipinski definition) is 1. The standard InChI is InChI=1S/C22H33N3O3/c1-2-24-14-11-19(12-15-24)28-16-6-13-23-21(26)17-25-20-9-4-3-7-18(20)8-5-10-22(25)27/h3-4,7,9,19H,2,5-6,8,10-17H2,1H3,(H,23,26). The number of carbonyl (C=O) groups excluding carboxylic acids is 2. The lowest BCUT2D eigenvalue weighted by Crippen LogP contribution is -2.41. The normalized spacial score (nSPS) is 18.6. The van der Waals surface area contributed by atoms with Crippen molar-refractivity contribution >= 4 is 17.5 Å². The number of para-hydroxylation sites is 1. The van der Waals surface area contributed by atoms with E-state index >= 15 is 0 Å². The van der Waals surface area contributed by atoms with Crippen molar-refractivity contribution in [3.8, 4) is 0 Å². The first-order valence-electron chi connectivity index (χ1n) is 10.7. The first-order chi connectivity index (χ1) is 13.7. The topological polar surface area (TPSA) is 61.9 Å². The molecular formula is C22H33N3O3. The number of aryl methyl sites for hydroxylation is 1. The molecule has 1 fully saturated rings. The zero-order chi connectivity index (χ0) is 19.8. The summed E-state index contributed by atoms with van der Waals surface area (Å²) in [6.07, 6.45) is 5.55. The third-order valence-corrected chi connectivity index (χ3v) is 5.70. The maximum absolute atomic E-state index is 12.4. The van der Waals surface area contributed by atoms with Gasteiger partial charge in [0.25, 0.3) is 0 Å². The van der Waals surface area contributed by atoms with Crippen molar-refractivity contribution in [3.05, 3.63) is 29.8 Å². The number of carbonyl (C=O) groups is 2. The van der Waals surface area contributed by atoms with Crippen LogP contribution in [0.3, 0.4) is 0 Å². The van der Waals surface area contributed by atoms with Crippen LogP contribution in [0, 0.1) is 0 Å². The fourth-order valence-corrected chi connectivity index (χ4v) is 4.00. The Morgan fingerprint density at radius 3 is 2.79 bits per heavy atom. The van der Waals surface area contributed by atoms with E-state index in [1.165, 1.54) is 0 Å². The molecule has 0 saturated carbocycles. The second-order valence-corrected chi connectivity index (χ2v) is 7.67. The number of hydrogen-bond acceptors (Lipinski definition) is 4. The number of amides is 2. The van der Waals surface area contributed by atoms with Gasteiger partial charge in [0.1, 0.15) is 6.54 Å². The SMILES string of the molecule is CCN1CCC(OCCCNC(=O)CN2C(=O)CCCc3ccccc32)CC1. The van der Waals surface area contributed by atoms with E-state index < -0.39 is 0 Å². The number of likely N-dealkylation sites (tertiary alicyclic amines) is 1. The van der Waals surface area contributed by atoms with E-state index in [4.69, 9.17) is 4.74 Å². The zero-order valence-electron chi connectivity index (χ0n) is 17.0. The van der Waals surface area contributed by atoms with Crippen LogP contribution in [0.4, 0.5) is 5.69 Å². The Labute approximate surface area is 168 Å². The summed E-state index contributed by atoms with van der Waals surface area (Å²) < 4.78 is 5.95. The molecule has 3 rings (SSSR count). The number of rotatable bonds is 8. The molecule has 1 aromatic rings. The molecule has 1 aromatic carbocycles. The molecule has 154 valence electrons. The number of nitrogens with one attached hydrogen (secondary N) is 1. The van der Waals surface area contributed by atoms with Crippen molar-refractivity contribution in [2.45, 2.75) is 51.6 Å². The fourth-order valence-electron chi connectivity index (χ4n) is 4.00. The van der Waals surface area contributed by atoms with Crippen molar-refractivity contribution in [1.29, 1.82) is 0 Å². The summed E-state index contributed by atoms with van der Waals surface area (Å²) in [4.78, 5) is 28.9. The number of benzene rings is 1. The highest BCUT2D eigenvalue weighted by molar-refractivity contribution is 5.99. The van der Waals surface area contributed by atoms with Gasteiger partial charge >= 0.3 is 0 Å². The summed E-state index contributed by atoms with van der Waals surface area (Å²) in [6, 6.07) is 7.88. The third-order valence-electron chi connectivity index (χ3n) is 5.70. The van der Waals surface area contributed by atoms with E-state index in [0.717, 1.165) is 63.0 Å². The molecule has 0 aromatic heterocycles. The van der Waals surface area contributed by atoms with Crippen LogP contribution < -0.4 is 10.2 Å². The van der Waals surface area contributed by atoms with Crippen molar-refractivity contribution in [2.75, 3.05) is 44.2 Å². The van der Waals surface area contributed by atoms with Crippen LogP contribution in [0.25, 0.3) is 0 Å². The Hall–Kier alpha value is -1.92. The first kappa shape index (κ1) is 20.8. The quantitative estimate of drug-likeness (QED) is 0.696. The number of piperidine rings is 1. The maximum atomic E-state index is 12.4. The van der Waals surface area contributed by atoms with Gasteiger partial charge in [0.05, 0.1) is 6.10 Å². The zero-order valence-corrected chi connectivity index (χ0v) is 17.0. The van der Waals surface area contributed by atoms with E-state index in [9.17, 15) is 9.59 Å². The predicted molar refractivity (Wildman–Crippen MR) is 110 cm³/mol. The number of fused-ring (bicyclic) bond motifs is 1. The van der Waals surface area contributed by atoms with Crippen LogP contribution in [0.5, 0.6) is 0 Å². The molecule has 1 N–H and O–H groups in total. The number of anilines is 1. The molecule has 6 nitrogen and oxygen atoms in total. The monoisotopic (exact) mass is 387 g/mol. The van der Waals surface area contributed by atoms with Gasteiger partial charge in [-0.2, -0.15) is 0 Å². The van der Waals surface area contributed by atoms with Gasteiger partial charge in [0.15, 0.2) is 0 Å². The molecule has 2 aliphatic rings. The van der Waals surface area contributed by atoms with Crippen LogP contribution in [-0.2, 0) is 20.7 Å². The molecule has 0 atom stereocenters. The summed E-state index contributed by atoms with van der Waals surface area (Å²) in [5.41, 5.74) is 2.02. The summed E-state index contributed by atoms with van der Waals surface area (Å²) in [5.74, 6) is -0.0804. The molecule has 28 heavy (non-hydrogen) atoms. The van der Waals surface area contributed by atoms with Gasteiger partial charge in [0.2, 0.25) is 11.8 Å². The van der Waals surface area contributed by atoms with Gasteiger partial charge in [-0.25, -0.2) is 0 Å². The van der Waals surface area contributed by atoms with Crippen LogP contribution >= 0.6 is 0 Å². The Kier molecular flexibility index (Phi) is 7.86. The molecule has 2 heterocycles. The lowest BCUT2D eigenvalue weighted by molar-refractivity contribution is -0.123. The van der Waals surface area contributed by atoms with Crippen LogP contribution in [-0.4, -0.2) is 62.1 Å². The molecule has 0 aliphatic carbocycles. The van der Waals surface area contributed by atoms with Gasteiger partial charge in [-0.1, -0.05) is 25.1 Å². The minimum absolute atomic E-state index is 0.0295. The highest BCUT2D eigenvalue weighted by Gasteiger charge is 2.24. The highest BCUT2D eigenvalue weighted by Crippen LogP contribution is 2.26. The second-order valence-electron chi connectivity index (χ2n) is 7.67. The van der Waals surface area contributed by atoms with Crippen LogP contribution in [0.2, 0.25) is 0 Å². The lowest BCUT2D eigenvalue weighted by atomic mass is 10.1. The Bertz CT molecular complexity index is 656. The second kappa shape index (κ2) is 10.6. The number of nitrogens with zero attached hydrogens (tertiary/aromatic N) is 2. The van der Waals surface area contributed by atoms with E-state index in [2.05, 4.69) is 17.1 Å². The van der Waals surface area contributed by atoms with E-state index in [0.29, 0.717) is 25.7 Å². The number of ether oxygens (including phenoxy) is 1. The average molecular weight is 388 g/mol. The summed E-state index contributed by atoms with van der Waals surface area (Å²) in [7, 11) is 0. The predicted octanol–water partition coefficient (Wildman–Crippen LogP) is 2.36. The van der Waals surface area contributed by atoms with Gasteiger partial charge < -0.3 is 19.9 Å². The van der Waals surface area contributed by atoms with Crippen molar-refractivity contribution in [2.24, 2.45) is 0 Å². The summed E-state index contributed by atoms with van der Waals surface area (Å²) in [6.45, 7) is 6.88. The van der Waals surface area contributed by atoms with Gasteiger partial charge in [-0.05, 0) is 50.3 Å². The molecule has 2 amide bonds. The van der Waals surface area contributed by atoms with Crippen molar-refractivity contribution in [3.63, 3.8) is 0 Å². The average Bonchev–Trinajstić information content (AvgIpc) is 2.87. The molecule has 1 saturated heterocycles. The lowest BCUT2D eigenvalue weighted by Gasteiger charge is -2.30. The minimum Gasteiger partial charge on any atom is -0.378 e. The van der Waals surface area contributed by atoms with Gasteiger partial charge in [0, 0.05) is 38.3 Å².